The predicted molar refractivity (Wildman–Crippen MR) is 230 cm³/mol. The molecule has 0 aliphatic heterocycles. The third-order valence-electron chi connectivity index (χ3n) is 15.3. The molecule has 0 spiro atoms. The molecule has 9 atom stereocenters. The molecule has 0 aromatic heterocycles. The predicted octanol–water partition coefficient (Wildman–Crippen LogP) is 15.5. The summed E-state index contributed by atoms with van der Waals surface area (Å²) in [5.41, 5.74) is 2.48. The van der Waals surface area contributed by atoms with Crippen LogP contribution in [0.3, 0.4) is 0 Å². The van der Waals surface area contributed by atoms with Gasteiger partial charge in [-0.25, -0.2) is 0 Å². The van der Waals surface area contributed by atoms with E-state index in [0.29, 0.717) is 17.3 Å². The smallest absolute Gasteiger partial charge is 0.306 e. The normalized spacial score (nSPS) is 31.3. The second-order valence-corrected chi connectivity index (χ2v) is 19.0. The molecule has 2 heteroatoms. The zero-order chi connectivity index (χ0) is 38.1. The summed E-state index contributed by atoms with van der Waals surface area (Å²) in [7, 11) is 0. The molecule has 4 aliphatic carbocycles. The summed E-state index contributed by atoms with van der Waals surface area (Å²) in [6.07, 6.45) is 48.5. The number of ether oxygens (including phenoxy) is 1. The van der Waals surface area contributed by atoms with Crippen LogP contribution in [0.25, 0.3) is 0 Å². The quantitative estimate of drug-likeness (QED) is 0.0595. The maximum absolute atomic E-state index is 12.9. The fourth-order valence-corrected chi connectivity index (χ4v) is 11.9. The van der Waals surface area contributed by atoms with Crippen LogP contribution in [-0.4, -0.2) is 12.1 Å². The molecule has 0 saturated heterocycles. The van der Waals surface area contributed by atoms with E-state index in [1.807, 2.05) is 0 Å². The van der Waals surface area contributed by atoms with E-state index < -0.39 is 0 Å². The minimum atomic E-state index is 0.0313. The Balaban J connectivity index is 1.10. The van der Waals surface area contributed by atoms with Crippen LogP contribution in [0, 0.1) is 52.3 Å². The summed E-state index contributed by atoms with van der Waals surface area (Å²) in [5, 5.41) is 0. The number of fused-ring (bicyclic) bond motifs is 5. The largest absolute Gasteiger partial charge is 0.462 e. The summed E-state index contributed by atoms with van der Waals surface area (Å²) in [6, 6.07) is 0. The molecule has 0 aromatic carbocycles. The lowest BCUT2D eigenvalue weighted by molar-refractivity contribution is -0.151. The van der Waals surface area contributed by atoms with Gasteiger partial charge in [0.25, 0.3) is 0 Å². The standard InChI is InChI=1S/C51H84O2/c1-8-10-11-12-13-14-15-16-17-18-19-20-21-22-23-24-25-26-27-28-49(52)53-44-35-37-50(6)43(39-44)31-32-45-47-34-33-46(51(47,7)38-36-48(45)50)41(5)29-30-42(9-2)40(3)4/h13-14,16-17,19-20,22-23,31,40-42,44-48H,8-12,15,18,21,24-30,32-39H2,1-7H3/b14-13-,17-16-,20-19-,23-22-. The molecule has 4 rings (SSSR count). The molecule has 3 fully saturated rings. The molecule has 4 aliphatic rings. The van der Waals surface area contributed by atoms with Crippen LogP contribution in [0.5, 0.6) is 0 Å². The maximum Gasteiger partial charge on any atom is 0.306 e. The fraction of sp³-hybridized carbons (Fsp3) is 0.784. The van der Waals surface area contributed by atoms with Gasteiger partial charge in [0.1, 0.15) is 6.10 Å². The van der Waals surface area contributed by atoms with Crippen molar-refractivity contribution < 1.29 is 9.53 Å². The van der Waals surface area contributed by atoms with Gasteiger partial charge in [0, 0.05) is 12.8 Å². The lowest BCUT2D eigenvalue weighted by Gasteiger charge is -2.58. The van der Waals surface area contributed by atoms with E-state index in [9.17, 15) is 4.79 Å². The first-order chi connectivity index (χ1) is 25.6. The molecule has 0 aromatic rings. The van der Waals surface area contributed by atoms with Gasteiger partial charge in [0.05, 0.1) is 0 Å². The molecule has 300 valence electrons. The molecule has 53 heavy (non-hydrogen) atoms. The number of esters is 1. The highest BCUT2D eigenvalue weighted by molar-refractivity contribution is 5.69. The topological polar surface area (TPSA) is 26.3 Å². The number of unbranched alkanes of at least 4 members (excludes halogenated alkanes) is 6. The molecule has 0 N–H and O–H groups in total. The highest BCUT2D eigenvalue weighted by Gasteiger charge is 2.59. The molecule has 3 saturated carbocycles. The first-order valence-corrected chi connectivity index (χ1v) is 23.1. The van der Waals surface area contributed by atoms with Gasteiger partial charge in [0.2, 0.25) is 0 Å². The summed E-state index contributed by atoms with van der Waals surface area (Å²) >= 11 is 0. The van der Waals surface area contributed by atoms with Crippen molar-refractivity contribution in [3.63, 3.8) is 0 Å². The second kappa shape index (κ2) is 22.7. The van der Waals surface area contributed by atoms with Gasteiger partial charge < -0.3 is 4.74 Å². The number of hydrogen-bond donors (Lipinski definition) is 0. The Hall–Kier alpha value is -1.83. The van der Waals surface area contributed by atoms with E-state index in [1.165, 1.54) is 83.5 Å². The lowest BCUT2D eigenvalue weighted by atomic mass is 9.47. The first kappa shape index (κ1) is 43.9. The van der Waals surface area contributed by atoms with E-state index in [0.717, 1.165) is 99.2 Å². The van der Waals surface area contributed by atoms with Crippen molar-refractivity contribution in [2.45, 2.75) is 202 Å². The molecule has 9 unspecified atom stereocenters. The number of carbonyl (C=O) groups is 1. The van der Waals surface area contributed by atoms with Crippen LogP contribution in [0.2, 0.25) is 0 Å². The van der Waals surface area contributed by atoms with Crippen LogP contribution >= 0.6 is 0 Å². The van der Waals surface area contributed by atoms with Crippen molar-refractivity contribution in [2.75, 3.05) is 0 Å². The Morgan fingerprint density at radius 3 is 2.08 bits per heavy atom. The Labute approximate surface area is 329 Å². The number of carbonyl (C=O) groups excluding carboxylic acids is 1. The van der Waals surface area contributed by atoms with Gasteiger partial charge in [-0.2, -0.15) is 0 Å². The molecule has 0 radical (unpaired) electrons. The van der Waals surface area contributed by atoms with Crippen molar-refractivity contribution in [2.24, 2.45) is 52.3 Å². The average Bonchev–Trinajstić information content (AvgIpc) is 3.50. The average molecular weight is 729 g/mol. The molecule has 0 amide bonds. The molecule has 0 bridgehead atoms. The Kier molecular flexibility index (Phi) is 18.8. The van der Waals surface area contributed by atoms with Crippen LogP contribution in [0.1, 0.15) is 196 Å². The minimum absolute atomic E-state index is 0.0313. The second-order valence-electron chi connectivity index (χ2n) is 19.0. The number of hydrogen-bond acceptors (Lipinski definition) is 2. The van der Waals surface area contributed by atoms with E-state index in [1.54, 1.807) is 5.57 Å². The van der Waals surface area contributed by atoms with E-state index in [-0.39, 0.29) is 12.1 Å². The Morgan fingerprint density at radius 2 is 1.43 bits per heavy atom. The molecule has 0 heterocycles. The van der Waals surface area contributed by atoms with Crippen LogP contribution in [-0.2, 0) is 9.53 Å². The van der Waals surface area contributed by atoms with Crippen LogP contribution in [0.15, 0.2) is 60.3 Å². The van der Waals surface area contributed by atoms with Gasteiger partial charge >= 0.3 is 5.97 Å². The third kappa shape index (κ3) is 12.6. The molecule has 2 nitrogen and oxygen atoms in total. The van der Waals surface area contributed by atoms with Crippen molar-refractivity contribution >= 4 is 5.97 Å². The van der Waals surface area contributed by atoms with Crippen molar-refractivity contribution in [3.05, 3.63) is 60.3 Å². The SMILES string of the molecule is CCCCC/C=C\C/C=C\C/C=C\C/C=C\CCCCCC(=O)OC1CCC2(C)C(=CCC3C2CCC2(C)C(C(C)CCC(CC)C(C)C)CCC32)C1. The summed E-state index contributed by atoms with van der Waals surface area (Å²) in [6.45, 7) is 17.4. The molecular weight excluding hydrogens is 645 g/mol. The van der Waals surface area contributed by atoms with Crippen molar-refractivity contribution in [1.29, 1.82) is 0 Å². The van der Waals surface area contributed by atoms with Gasteiger partial charge in [-0.1, -0.05) is 141 Å². The zero-order valence-electron chi connectivity index (χ0n) is 35.9. The Morgan fingerprint density at radius 1 is 0.774 bits per heavy atom. The van der Waals surface area contributed by atoms with Crippen LogP contribution in [0.4, 0.5) is 0 Å². The monoisotopic (exact) mass is 729 g/mol. The minimum Gasteiger partial charge on any atom is -0.462 e. The van der Waals surface area contributed by atoms with Crippen molar-refractivity contribution in [1.82, 2.24) is 0 Å². The van der Waals surface area contributed by atoms with E-state index in [4.69, 9.17) is 4.74 Å². The lowest BCUT2D eigenvalue weighted by Crippen LogP contribution is -2.51. The Bertz CT molecular complexity index is 1220. The van der Waals surface area contributed by atoms with Gasteiger partial charge in [0.15, 0.2) is 0 Å². The summed E-state index contributed by atoms with van der Waals surface area (Å²) < 4.78 is 6.14. The highest BCUT2D eigenvalue weighted by Crippen LogP contribution is 2.67. The number of allylic oxidation sites excluding steroid dienone is 9. The fourth-order valence-electron chi connectivity index (χ4n) is 11.9. The summed E-state index contributed by atoms with van der Waals surface area (Å²) in [4.78, 5) is 12.9. The van der Waals surface area contributed by atoms with Crippen LogP contribution < -0.4 is 0 Å². The van der Waals surface area contributed by atoms with Crippen molar-refractivity contribution in [3.8, 4) is 0 Å². The van der Waals surface area contributed by atoms with Gasteiger partial charge in [-0.3, -0.25) is 4.79 Å². The number of rotatable bonds is 23. The van der Waals surface area contributed by atoms with Gasteiger partial charge in [-0.05, 0) is 155 Å². The zero-order valence-corrected chi connectivity index (χ0v) is 35.9. The van der Waals surface area contributed by atoms with Gasteiger partial charge in [-0.15, -0.1) is 0 Å². The third-order valence-corrected chi connectivity index (χ3v) is 15.3. The molecular formula is C51H84O2. The van der Waals surface area contributed by atoms with E-state index >= 15 is 0 Å². The maximum atomic E-state index is 12.9. The first-order valence-electron chi connectivity index (χ1n) is 23.1. The summed E-state index contributed by atoms with van der Waals surface area (Å²) in [5.74, 6) is 6.07. The van der Waals surface area contributed by atoms with E-state index in [2.05, 4.69) is 103 Å². The highest BCUT2D eigenvalue weighted by atomic mass is 16.5.